The molecule has 1 aliphatic rings. The van der Waals surface area contributed by atoms with E-state index in [1.54, 1.807) is 0 Å². The molecule has 0 radical (unpaired) electrons. The Morgan fingerprint density at radius 1 is 1.29 bits per heavy atom. The Morgan fingerprint density at radius 3 is 2.96 bits per heavy atom. The van der Waals surface area contributed by atoms with Gasteiger partial charge in [-0.25, -0.2) is 0 Å². The third-order valence-corrected chi connectivity index (χ3v) is 5.12. The number of ether oxygens (including phenoxy) is 1. The van der Waals surface area contributed by atoms with Crippen molar-refractivity contribution < 1.29 is 9.53 Å². The molecule has 1 unspecified atom stereocenters. The Kier molecular flexibility index (Phi) is 5.88. The molecule has 1 aromatic heterocycles. The summed E-state index contributed by atoms with van der Waals surface area (Å²) in [6, 6.07) is 12.0. The molecule has 1 atom stereocenters. The van der Waals surface area contributed by atoms with Crippen molar-refractivity contribution in [2.75, 3.05) is 26.7 Å². The number of unbranched alkanes of at least 4 members (excludes halogenated alkanes) is 1. The summed E-state index contributed by atoms with van der Waals surface area (Å²) < 4.78 is 5.91. The summed E-state index contributed by atoms with van der Waals surface area (Å²) in [7, 11) is 1.87. The number of nitrogens with one attached hydrogen (secondary N) is 1. The Bertz CT molecular complexity index is 632. The van der Waals surface area contributed by atoms with E-state index in [0.717, 1.165) is 49.5 Å². The quantitative estimate of drug-likeness (QED) is 0.748. The predicted octanol–water partition coefficient (Wildman–Crippen LogP) is 3.19. The van der Waals surface area contributed by atoms with Gasteiger partial charge in [-0.3, -0.25) is 4.79 Å². The van der Waals surface area contributed by atoms with E-state index in [1.165, 1.54) is 16.9 Å². The normalized spacial score (nSPS) is 15.8. The van der Waals surface area contributed by atoms with Crippen molar-refractivity contribution in [1.82, 2.24) is 10.2 Å². The molecule has 2 aromatic rings. The van der Waals surface area contributed by atoms with Crippen LogP contribution in [-0.4, -0.2) is 43.6 Å². The first-order valence-electron chi connectivity index (χ1n) is 8.48. The van der Waals surface area contributed by atoms with Gasteiger partial charge in [0.05, 0.1) is 4.88 Å². The summed E-state index contributed by atoms with van der Waals surface area (Å²) >= 11 is 1.50. The lowest BCUT2D eigenvalue weighted by Gasteiger charge is -2.16. The summed E-state index contributed by atoms with van der Waals surface area (Å²) in [6.45, 7) is 2.62. The highest BCUT2D eigenvalue weighted by atomic mass is 32.1. The third kappa shape index (κ3) is 4.36. The van der Waals surface area contributed by atoms with Gasteiger partial charge in [0.15, 0.2) is 0 Å². The van der Waals surface area contributed by atoms with Crippen molar-refractivity contribution in [2.45, 2.75) is 25.4 Å². The van der Waals surface area contributed by atoms with Gasteiger partial charge in [0.1, 0.15) is 11.9 Å². The smallest absolute Gasteiger partial charge is 0.263 e. The summed E-state index contributed by atoms with van der Waals surface area (Å²) in [5.74, 6) is 1.15. The highest BCUT2D eigenvalue weighted by Gasteiger charge is 2.21. The fourth-order valence-corrected chi connectivity index (χ4v) is 3.64. The largest absolute Gasteiger partial charge is 0.488 e. The zero-order chi connectivity index (χ0) is 16.8. The number of hydrogen-bond acceptors (Lipinski definition) is 4. The van der Waals surface area contributed by atoms with Crippen molar-refractivity contribution in [2.24, 2.45) is 0 Å². The van der Waals surface area contributed by atoms with Crippen LogP contribution in [0.4, 0.5) is 0 Å². The summed E-state index contributed by atoms with van der Waals surface area (Å²) in [6.07, 6.45) is 3.29. The molecule has 0 aliphatic carbocycles. The molecule has 1 amide bonds. The van der Waals surface area contributed by atoms with Crippen LogP contribution in [0.3, 0.4) is 0 Å². The van der Waals surface area contributed by atoms with Crippen molar-refractivity contribution in [3.05, 3.63) is 52.2 Å². The molecule has 0 saturated carbocycles. The van der Waals surface area contributed by atoms with Crippen LogP contribution in [-0.2, 0) is 6.42 Å². The molecule has 2 heterocycles. The fraction of sp³-hybridized carbons (Fsp3) is 0.421. The molecule has 0 bridgehead atoms. The van der Waals surface area contributed by atoms with Gasteiger partial charge in [0.2, 0.25) is 0 Å². The van der Waals surface area contributed by atoms with Gasteiger partial charge in [0, 0.05) is 26.6 Å². The Morgan fingerprint density at radius 2 is 2.17 bits per heavy atom. The van der Waals surface area contributed by atoms with E-state index < -0.39 is 0 Å². The van der Waals surface area contributed by atoms with Gasteiger partial charge in [-0.05, 0) is 42.5 Å². The minimum atomic E-state index is 0.120. The van der Waals surface area contributed by atoms with Gasteiger partial charge in [0.25, 0.3) is 5.91 Å². The van der Waals surface area contributed by atoms with Crippen molar-refractivity contribution >= 4 is 17.2 Å². The lowest BCUT2D eigenvalue weighted by molar-refractivity contribution is 0.0797. The molecule has 24 heavy (non-hydrogen) atoms. The first-order chi connectivity index (χ1) is 11.7. The maximum Gasteiger partial charge on any atom is 0.263 e. The highest BCUT2D eigenvalue weighted by Crippen LogP contribution is 2.27. The Labute approximate surface area is 147 Å². The fourth-order valence-electron chi connectivity index (χ4n) is 2.92. The number of benzene rings is 1. The SMILES string of the molecule is CN(CCCCNCC1Cc2ccccc2O1)C(=O)c1cccs1. The number of hydrogen-bond donors (Lipinski definition) is 1. The van der Waals surface area contributed by atoms with Crippen LogP contribution < -0.4 is 10.1 Å². The summed E-state index contributed by atoms with van der Waals surface area (Å²) in [4.78, 5) is 14.7. The van der Waals surface area contributed by atoms with E-state index in [-0.39, 0.29) is 12.0 Å². The lowest BCUT2D eigenvalue weighted by atomic mass is 10.1. The number of amides is 1. The van der Waals surface area contributed by atoms with Crippen molar-refractivity contribution in [3.8, 4) is 5.75 Å². The molecule has 5 heteroatoms. The molecule has 0 saturated heterocycles. The molecule has 0 spiro atoms. The first kappa shape index (κ1) is 17.0. The van der Waals surface area contributed by atoms with E-state index in [4.69, 9.17) is 4.74 Å². The monoisotopic (exact) mass is 344 g/mol. The van der Waals surface area contributed by atoms with Gasteiger partial charge >= 0.3 is 0 Å². The lowest BCUT2D eigenvalue weighted by Crippen LogP contribution is -2.31. The van der Waals surface area contributed by atoms with Crippen molar-refractivity contribution in [1.29, 1.82) is 0 Å². The zero-order valence-electron chi connectivity index (χ0n) is 14.0. The minimum Gasteiger partial charge on any atom is -0.488 e. The number of para-hydroxylation sites is 1. The first-order valence-corrected chi connectivity index (χ1v) is 9.36. The Balaban J connectivity index is 1.26. The highest BCUT2D eigenvalue weighted by molar-refractivity contribution is 7.12. The summed E-state index contributed by atoms with van der Waals surface area (Å²) in [5, 5.41) is 5.41. The molecule has 4 nitrogen and oxygen atoms in total. The van der Waals surface area contributed by atoms with Crippen LogP contribution in [0, 0.1) is 0 Å². The van der Waals surface area contributed by atoms with Gasteiger partial charge in [-0.15, -0.1) is 11.3 Å². The van der Waals surface area contributed by atoms with E-state index in [9.17, 15) is 4.79 Å². The maximum absolute atomic E-state index is 12.1. The second-order valence-electron chi connectivity index (χ2n) is 6.17. The predicted molar refractivity (Wildman–Crippen MR) is 97.9 cm³/mol. The van der Waals surface area contributed by atoms with Gasteiger partial charge < -0.3 is 15.0 Å². The molecule has 1 aliphatic heterocycles. The minimum absolute atomic E-state index is 0.120. The van der Waals surface area contributed by atoms with Crippen LogP contribution in [0.2, 0.25) is 0 Å². The van der Waals surface area contributed by atoms with Crippen molar-refractivity contribution in [3.63, 3.8) is 0 Å². The molecule has 1 aromatic carbocycles. The second-order valence-corrected chi connectivity index (χ2v) is 7.11. The van der Waals surface area contributed by atoms with E-state index >= 15 is 0 Å². The number of nitrogens with zero attached hydrogens (tertiary/aromatic N) is 1. The number of carbonyl (C=O) groups excluding carboxylic acids is 1. The summed E-state index contributed by atoms with van der Waals surface area (Å²) in [5.41, 5.74) is 1.30. The van der Waals surface area contributed by atoms with Gasteiger partial charge in [-0.2, -0.15) is 0 Å². The van der Waals surface area contributed by atoms with Gasteiger partial charge in [-0.1, -0.05) is 24.3 Å². The van der Waals surface area contributed by atoms with Crippen LogP contribution >= 0.6 is 11.3 Å². The second kappa shape index (κ2) is 8.31. The number of fused-ring (bicyclic) bond motifs is 1. The Hall–Kier alpha value is -1.85. The number of thiophene rings is 1. The van der Waals surface area contributed by atoms with Crippen LogP contribution in [0.15, 0.2) is 41.8 Å². The molecule has 3 rings (SSSR count). The molecule has 128 valence electrons. The van der Waals surface area contributed by atoms with Crippen LogP contribution in [0.1, 0.15) is 28.1 Å². The number of carbonyl (C=O) groups is 1. The van der Waals surface area contributed by atoms with Crippen LogP contribution in [0.5, 0.6) is 5.75 Å². The topological polar surface area (TPSA) is 41.6 Å². The van der Waals surface area contributed by atoms with E-state index in [0.29, 0.717) is 0 Å². The van der Waals surface area contributed by atoms with E-state index in [2.05, 4.69) is 17.4 Å². The molecule has 0 fully saturated rings. The van der Waals surface area contributed by atoms with Crippen LogP contribution in [0.25, 0.3) is 0 Å². The average Bonchev–Trinajstić information content (AvgIpc) is 3.25. The molecular weight excluding hydrogens is 320 g/mol. The maximum atomic E-state index is 12.1. The third-order valence-electron chi connectivity index (χ3n) is 4.26. The molecular formula is C19H24N2O2S. The van der Waals surface area contributed by atoms with E-state index in [1.807, 2.05) is 41.6 Å². The molecule has 1 N–H and O–H groups in total. The standard InChI is InChI=1S/C19H24N2O2S/c1-21(19(22)18-9-6-12-24-18)11-5-4-10-20-14-16-13-15-7-2-3-8-17(15)23-16/h2-3,6-9,12,16,20H,4-5,10-11,13-14H2,1H3. The number of rotatable bonds is 8. The zero-order valence-corrected chi connectivity index (χ0v) is 14.8. The average molecular weight is 344 g/mol.